The Morgan fingerprint density at radius 1 is 1.30 bits per heavy atom. The Kier molecular flexibility index (Phi) is 4.84. The average molecular weight is 292 g/mol. The first-order chi connectivity index (χ1) is 9.56. The van der Waals surface area contributed by atoms with E-state index in [1.165, 1.54) is 11.1 Å². The number of nitrogens with zero attached hydrogens (tertiary/aromatic N) is 2. The second kappa shape index (κ2) is 6.42. The molecule has 0 aliphatic carbocycles. The van der Waals surface area contributed by atoms with Gasteiger partial charge in [-0.05, 0) is 31.5 Å². The summed E-state index contributed by atoms with van der Waals surface area (Å²) in [4.78, 5) is 0. The Morgan fingerprint density at radius 2 is 1.95 bits per heavy atom. The van der Waals surface area contributed by atoms with Crippen LogP contribution in [-0.2, 0) is 19.9 Å². The number of aromatic nitrogens is 2. The second-order valence-electron chi connectivity index (χ2n) is 5.11. The molecule has 0 spiro atoms. The molecule has 0 radical (unpaired) electrons. The summed E-state index contributed by atoms with van der Waals surface area (Å²) in [5.41, 5.74) is 4.60. The van der Waals surface area contributed by atoms with Gasteiger partial charge in [-0.1, -0.05) is 42.8 Å². The molecule has 20 heavy (non-hydrogen) atoms. The van der Waals surface area contributed by atoms with Gasteiger partial charge in [-0.2, -0.15) is 5.10 Å². The summed E-state index contributed by atoms with van der Waals surface area (Å²) in [6, 6.07) is 9.01. The number of likely N-dealkylation sites (N-methyl/N-ethyl adjacent to an activating group) is 1. The first-order valence-corrected chi connectivity index (χ1v) is 7.38. The fourth-order valence-corrected chi connectivity index (χ4v) is 2.70. The van der Waals surface area contributed by atoms with Gasteiger partial charge < -0.3 is 5.32 Å². The first-order valence-electron chi connectivity index (χ1n) is 7.00. The van der Waals surface area contributed by atoms with Gasteiger partial charge in [0.15, 0.2) is 0 Å². The van der Waals surface area contributed by atoms with Gasteiger partial charge in [-0.25, -0.2) is 0 Å². The molecule has 0 aliphatic rings. The standard InChI is InChI=1S/C16H22ClN3/c1-5-12-6-8-13(9-7-12)14(18-3)10-15-16(17)11(2)19-20(15)4/h6-9,14,18H,5,10H2,1-4H3. The van der Waals surface area contributed by atoms with Crippen LogP contribution >= 0.6 is 11.6 Å². The van der Waals surface area contributed by atoms with E-state index in [1.54, 1.807) is 0 Å². The number of halogens is 1. The molecule has 108 valence electrons. The Labute approximate surface area is 126 Å². The van der Waals surface area contributed by atoms with E-state index in [1.807, 2.05) is 25.7 Å². The molecule has 1 unspecified atom stereocenters. The minimum atomic E-state index is 0.244. The average Bonchev–Trinajstić information content (AvgIpc) is 2.70. The highest BCUT2D eigenvalue weighted by molar-refractivity contribution is 6.31. The van der Waals surface area contributed by atoms with Crippen LogP contribution in [0.15, 0.2) is 24.3 Å². The van der Waals surface area contributed by atoms with Crippen LogP contribution in [-0.4, -0.2) is 16.8 Å². The zero-order chi connectivity index (χ0) is 14.7. The zero-order valence-electron chi connectivity index (χ0n) is 12.6. The molecular weight excluding hydrogens is 270 g/mol. The highest BCUT2D eigenvalue weighted by Crippen LogP contribution is 2.25. The SMILES string of the molecule is CCc1ccc(C(Cc2c(Cl)c(C)nn2C)NC)cc1. The third kappa shape index (κ3) is 3.05. The van der Waals surface area contributed by atoms with Crippen LogP contribution in [0.4, 0.5) is 0 Å². The summed E-state index contributed by atoms with van der Waals surface area (Å²) in [6.45, 7) is 4.11. The van der Waals surface area contributed by atoms with Gasteiger partial charge in [0.25, 0.3) is 0 Å². The van der Waals surface area contributed by atoms with E-state index in [-0.39, 0.29) is 6.04 Å². The van der Waals surface area contributed by atoms with E-state index in [2.05, 4.69) is 41.6 Å². The lowest BCUT2D eigenvalue weighted by Crippen LogP contribution is -2.20. The molecule has 1 heterocycles. The Morgan fingerprint density at radius 3 is 2.40 bits per heavy atom. The van der Waals surface area contributed by atoms with Gasteiger partial charge in [0.1, 0.15) is 0 Å². The third-order valence-electron chi connectivity index (χ3n) is 3.80. The molecule has 1 aromatic carbocycles. The van der Waals surface area contributed by atoms with Crippen LogP contribution in [0, 0.1) is 6.92 Å². The Hall–Kier alpha value is -1.32. The van der Waals surface area contributed by atoms with Crippen LogP contribution < -0.4 is 5.32 Å². The van der Waals surface area contributed by atoms with Crippen molar-refractivity contribution < 1.29 is 0 Å². The van der Waals surface area contributed by atoms with Crippen molar-refractivity contribution in [1.82, 2.24) is 15.1 Å². The van der Waals surface area contributed by atoms with Crippen LogP contribution in [0.25, 0.3) is 0 Å². The zero-order valence-corrected chi connectivity index (χ0v) is 13.3. The lowest BCUT2D eigenvalue weighted by Gasteiger charge is -2.17. The van der Waals surface area contributed by atoms with Gasteiger partial charge in [0, 0.05) is 19.5 Å². The molecule has 1 atom stereocenters. The molecule has 0 amide bonds. The van der Waals surface area contributed by atoms with Gasteiger partial charge in [0.2, 0.25) is 0 Å². The maximum atomic E-state index is 6.34. The molecule has 0 bridgehead atoms. The van der Waals surface area contributed by atoms with Gasteiger partial charge in [-0.3, -0.25) is 4.68 Å². The molecular formula is C16H22ClN3. The first kappa shape index (κ1) is 15.1. The molecule has 2 aromatic rings. The Bertz CT molecular complexity index is 572. The summed E-state index contributed by atoms with van der Waals surface area (Å²) in [5.74, 6) is 0. The smallest absolute Gasteiger partial charge is 0.0847 e. The monoisotopic (exact) mass is 291 g/mol. The molecule has 3 nitrogen and oxygen atoms in total. The fraction of sp³-hybridized carbons (Fsp3) is 0.438. The molecule has 0 aliphatic heterocycles. The lowest BCUT2D eigenvalue weighted by molar-refractivity contribution is 0.561. The number of hydrogen-bond donors (Lipinski definition) is 1. The van der Waals surface area contributed by atoms with Gasteiger partial charge in [-0.15, -0.1) is 0 Å². The quantitative estimate of drug-likeness (QED) is 0.914. The van der Waals surface area contributed by atoms with E-state index in [0.29, 0.717) is 0 Å². The summed E-state index contributed by atoms with van der Waals surface area (Å²) in [7, 11) is 3.93. The fourth-order valence-electron chi connectivity index (χ4n) is 2.47. The van der Waals surface area contributed by atoms with Crippen molar-refractivity contribution in [2.45, 2.75) is 32.7 Å². The van der Waals surface area contributed by atoms with Crippen LogP contribution in [0.2, 0.25) is 5.02 Å². The number of hydrogen-bond acceptors (Lipinski definition) is 2. The second-order valence-corrected chi connectivity index (χ2v) is 5.49. The van der Waals surface area contributed by atoms with Gasteiger partial charge in [0.05, 0.1) is 16.4 Å². The minimum Gasteiger partial charge on any atom is -0.313 e. The molecule has 0 saturated heterocycles. The maximum absolute atomic E-state index is 6.34. The van der Waals surface area contributed by atoms with Crippen molar-refractivity contribution in [2.24, 2.45) is 7.05 Å². The molecule has 1 aromatic heterocycles. The molecule has 4 heteroatoms. The molecule has 0 fully saturated rings. The molecule has 1 N–H and O–H groups in total. The van der Waals surface area contributed by atoms with E-state index < -0.39 is 0 Å². The van der Waals surface area contributed by atoms with Crippen LogP contribution in [0.5, 0.6) is 0 Å². The van der Waals surface area contributed by atoms with E-state index in [9.17, 15) is 0 Å². The minimum absolute atomic E-state index is 0.244. The highest BCUT2D eigenvalue weighted by Gasteiger charge is 2.17. The largest absolute Gasteiger partial charge is 0.313 e. The van der Waals surface area contributed by atoms with E-state index in [4.69, 9.17) is 11.6 Å². The van der Waals surface area contributed by atoms with E-state index in [0.717, 1.165) is 29.3 Å². The normalized spacial score (nSPS) is 12.7. The summed E-state index contributed by atoms with van der Waals surface area (Å²) in [6.07, 6.45) is 1.90. The lowest BCUT2D eigenvalue weighted by atomic mass is 10.00. The summed E-state index contributed by atoms with van der Waals surface area (Å²) in [5, 5.41) is 8.52. The predicted molar refractivity (Wildman–Crippen MR) is 84.3 cm³/mol. The topological polar surface area (TPSA) is 29.9 Å². The van der Waals surface area contributed by atoms with Crippen molar-refractivity contribution in [3.05, 3.63) is 51.8 Å². The summed E-state index contributed by atoms with van der Waals surface area (Å²) >= 11 is 6.34. The highest BCUT2D eigenvalue weighted by atomic mass is 35.5. The predicted octanol–water partition coefficient (Wildman–Crippen LogP) is 3.45. The van der Waals surface area contributed by atoms with Crippen molar-refractivity contribution in [3.8, 4) is 0 Å². The van der Waals surface area contributed by atoms with E-state index >= 15 is 0 Å². The van der Waals surface area contributed by atoms with Crippen molar-refractivity contribution in [3.63, 3.8) is 0 Å². The van der Waals surface area contributed by atoms with Crippen molar-refractivity contribution in [1.29, 1.82) is 0 Å². The van der Waals surface area contributed by atoms with Gasteiger partial charge >= 0.3 is 0 Å². The third-order valence-corrected chi connectivity index (χ3v) is 4.29. The number of benzene rings is 1. The van der Waals surface area contributed by atoms with Crippen LogP contribution in [0.3, 0.4) is 0 Å². The number of rotatable bonds is 5. The van der Waals surface area contributed by atoms with Crippen LogP contribution in [0.1, 0.15) is 35.5 Å². The molecule has 2 rings (SSSR count). The van der Waals surface area contributed by atoms with Crippen molar-refractivity contribution >= 4 is 11.6 Å². The Balaban J connectivity index is 2.23. The number of aryl methyl sites for hydroxylation is 3. The summed E-state index contributed by atoms with van der Waals surface area (Å²) < 4.78 is 1.88. The maximum Gasteiger partial charge on any atom is 0.0847 e. The van der Waals surface area contributed by atoms with Crippen molar-refractivity contribution in [2.75, 3.05) is 7.05 Å². The number of nitrogens with one attached hydrogen (secondary N) is 1. The molecule has 0 saturated carbocycles.